The predicted molar refractivity (Wildman–Crippen MR) is 92.3 cm³/mol. The summed E-state index contributed by atoms with van der Waals surface area (Å²) in [4.78, 5) is 34.8. The van der Waals surface area contributed by atoms with E-state index in [1.165, 1.54) is 18.6 Å². The molecule has 0 unspecified atom stereocenters. The summed E-state index contributed by atoms with van der Waals surface area (Å²) in [6, 6.07) is 6.96. The van der Waals surface area contributed by atoms with Gasteiger partial charge in [-0.15, -0.1) is 0 Å². The lowest BCUT2D eigenvalue weighted by Crippen LogP contribution is -2.48. The molecular weight excluding hydrogens is 320 g/mol. The van der Waals surface area contributed by atoms with Gasteiger partial charge in [0.25, 0.3) is 11.8 Å². The number of carbonyl (C=O) groups excluding carboxylic acids is 2. The van der Waals surface area contributed by atoms with Gasteiger partial charge < -0.3 is 15.0 Å². The second-order valence-electron chi connectivity index (χ2n) is 6.06. The van der Waals surface area contributed by atoms with Gasteiger partial charge >= 0.3 is 0 Å². The molecule has 0 bridgehead atoms. The van der Waals surface area contributed by atoms with Crippen LogP contribution in [0.4, 0.5) is 5.69 Å². The molecule has 1 aromatic heterocycles. The van der Waals surface area contributed by atoms with Gasteiger partial charge in [-0.25, -0.2) is 4.98 Å². The Morgan fingerprint density at radius 1 is 1.16 bits per heavy atom. The van der Waals surface area contributed by atoms with Crippen LogP contribution in [-0.4, -0.2) is 52.0 Å². The number of anilines is 1. The van der Waals surface area contributed by atoms with E-state index in [0.29, 0.717) is 24.3 Å². The molecule has 2 atom stereocenters. The van der Waals surface area contributed by atoms with E-state index in [-0.39, 0.29) is 23.8 Å². The van der Waals surface area contributed by atoms with Gasteiger partial charge in [-0.2, -0.15) is 0 Å². The fourth-order valence-corrected chi connectivity index (χ4v) is 2.90. The minimum Gasteiger partial charge on any atom is -0.372 e. The molecule has 1 aliphatic heterocycles. The average Bonchev–Trinajstić information content (AvgIpc) is 2.61. The van der Waals surface area contributed by atoms with Crippen molar-refractivity contribution < 1.29 is 14.3 Å². The van der Waals surface area contributed by atoms with Gasteiger partial charge in [0.1, 0.15) is 5.69 Å². The number of nitrogens with zero attached hydrogens (tertiary/aromatic N) is 3. The molecule has 7 heteroatoms. The normalized spacial score (nSPS) is 20.2. The highest BCUT2D eigenvalue weighted by atomic mass is 16.5. The third-order valence-electron chi connectivity index (χ3n) is 3.91. The van der Waals surface area contributed by atoms with Gasteiger partial charge in [-0.3, -0.25) is 14.6 Å². The molecule has 25 heavy (non-hydrogen) atoms. The van der Waals surface area contributed by atoms with Crippen LogP contribution in [0.15, 0.2) is 42.9 Å². The number of nitrogens with one attached hydrogen (secondary N) is 1. The molecule has 0 saturated carbocycles. The van der Waals surface area contributed by atoms with E-state index in [4.69, 9.17) is 4.74 Å². The molecule has 2 heterocycles. The van der Waals surface area contributed by atoms with E-state index in [2.05, 4.69) is 15.3 Å². The largest absolute Gasteiger partial charge is 0.372 e. The Kier molecular flexibility index (Phi) is 5.04. The zero-order valence-corrected chi connectivity index (χ0v) is 14.2. The number of morpholine rings is 1. The van der Waals surface area contributed by atoms with Crippen LogP contribution in [0.2, 0.25) is 0 Å². The third kappa shape index (κ3) is 4.00. The van der Waals surface area contributed by atoms with E-state index in [0.717, 1.165) is 0 Å². The number of rotatable bonds is 3. The lowest BCUT2D eigenvalue weighted by atomic mass is 10.1. The van der Waals surface area contributed by atoms with Gasteiger partial charge in [-0.05, 0) is 26.0 Å². The molecule has 0 radical (unpaired) electrons. The Morgan fingerprint density at radius 2 is 1.88 bits per heavy atom. The summed E-state index contributed by atoms with van der Waals surface area (Å²) < 4.78 is 5.68. The summed E-state index contributed by atoms with van der Waals surface area (Å²) in [6.07, 6.45) is 4.28. The molecule has 1 aromatic carbocycles. The van der Waals surface area contributed by atoms with Crippen molar-refractivity contribution in [2.75, 3.05) is 18.4 Å². The molecule has 2 amide bonds. The molecule has 130 valence electrons. The Labute approximate surface area is 146 Å². The van der Waals surface area contributed by atoms with Crippen LogP contribution in [0, 0.1) is 0 Å². The van der Waals surface area contributed by atoms with Crippen molar-refractivity contribution in [3.63, 3.8) is 0 Å². The van der Waals surface area contributed by atoms with Crippen molar-refractivity contribution in [3.8, 4) is 0 Å². The lowest BCUT2D eigenvalue weighted by molar-refractivity contribution is -0.0585. The molecular formula is C18H20N4O3. The zero-order chi connectivity index (χ0) is 17.8. The fraction of sp³-hybridized carbons (Fsp3) is 0.333. The Morgan fingerprint density at radius 3 is 2.56 bits per heavy atom. The van der Waals surface area contributed by atoms with Crippen LogP contribution < -0.4 is 5.32 Å². The molecule has 1 aliphatic rings. The van der Waals surface area contributed by atoms with Crippen LogP contribution >= 0.6 is 0 Å². The van der Waals surface area contributed by atoms with Gasteiger partial charge in [0.05, 0.1) is 29.7 Å². The molecule has 1 N–H and O–H groups in total. The van der Waals surface area contributed by atoms with Crippen LogP contribution in [-0.2, 0) is 4.74 Å². The first-order valence-corrected chi connectivity index (χ1v) is 8.15. The van der Waals surface area contributed by atoms with E-state index in [9.17, 15) is 9.59 Å². The van der Waals surface area contributed by atoms with E-state index in [1.54, 1.807) is 29.2 Å². The molecule has 2 aromatic rings. The SMILES string of the molecule is C[C@@H]1CN(C(=O)c2ccccc2NC(=O)c2cnccn2)C[C@@H](C)O1. The van der Waals surface area contributed by atoms with Crippen molar-refractivity contribution in [1.29, 1.82) is 0 Å². The van der Waals surface area contributed by atoms with Gasteiger partial charge in [0, 0.05) is 25.5 Å². The van der Waals surface area contributed by atoms with Crippen molar-refractivity contribution >= 4 is 17.5 Å². The first-order chi connectivity index (χ1) is 12.0. The van der Waals surface area contributed by atoms with Gasteiger partial charge in [0.2, 0.25) is 0 Å². The predicted octanol–water partition coefficient (Wildman–Crippen LogP) is 1.98. The molecule has 0 aliphatic carbocycles. The maximum atomic E-state index is 12.9. The number of benzene rings is 1. The maximum Gasteiger partial charge on any atom is 0.275 e. The minimum absolute atomic E-state index is 0.0194. The van der Waals surface area contributed by atoms with Crippen molar-refractivity contribution in [2.45, 2.75) is 26.1 Å². The van der Waals surface area contributed by atoms with Crippen molar-refractivity contribution in [3.05, 3.63) is 54.1 Å². The number of amides is 2. The standard InChI is InChI=1S/C18H20N4O3/c1-12-10-22(11-13(2)25-12)18(24)14-5-3-4-6-15(14)21-17(23)16-9-19-7-8-20-16/h3-9,12-13H,10-11H2,1-2H3,(H,21,23)/t12-,13-/m1/s1. The summed E-state index contributed by atoms with van der Waals surface area (Å²) in [6.45, 7) is 4.93. The highest BCUT2D eigenvalue weighted by Gasteiger charge is 2.28. The maximum absolute atomic E-state index is 12.9. The molecule has 7 nitrogen and oxygen atoms in total. The average molecular weight is 340 g/mol. The summed E-state index contributed by atoms with van der Waals surface area (Å²) >= 11 is 0. The number of para-hydroxylation sites is 1. The second kappa shape index (κ2) is 7.40. The topological polar surface area (TPSA) is 84.4 Å². The Balaban J connectivity index is 1.81. The van der Waals surface area contributed by atoms with E-state index in [1.807, 2.05) is 13.8 Å². The number of hydrogen-bond donors (Lipinski definition) is 1. The van der Waals surface area contributed by atoms with Crippen molar-refractivity contribution in [1.82, 2.24) is 14.9 Å². The van der Waals surface area contributed by atoms with Crippen LogP contribution in [0.5, 0.6) is 0 Å². The van der Waals surface area contributed by atoms with E-state index < -0.39 is 5.91 Å². The number of aromatic nitrogens is 2. The van der Waals surface area contributed by atoms with Crippen LogP contribution in [0.25, 0.3) is 0 Å². The summed E-state index contributed by atoms with van der Waals surface area (Å²) in [5, 5.41) is 2.75. The monoisotopic (exact) mass is 340 g/mol. The summed E-state index contributed by atoms with van der Waals surface area (Å²) in [5.74, 6) is -0.533. The van der Waals surface area contributed by atoms with Crippen LogP contribution in [0.1, 0.15) is 34.7 Å². The Hall–Kier alpha value is -2.80. The molecule has 1 fully saturated rings. The highest BCUT2D eigenvalue weighted by molar-refractivity contribution is 6.08. The molecule has 0 spiro atoms. The molecule has 3 rings (SSSR count). The first kappa shape index (κ1) is 17.0. The number of ether oxygens (including phenoxy) is 1. The zero-order valence-electron chi connectivity index (χ0n) is 14.2. The van der Waals surface area contributed by atoms with E-state index >= 15 is 0 Å². The third-order valence-corrected chi connectivity index (χ3v) is 3.91. The number of hydrogen-bond acceptors (Lipinski definition) is 5. The smallest absolute Gasteiger partial charge is 0.275 e. The highest BCUT2D eigenvalue weighted by Crippen LogP contribution is 2.21. The van der Waals surface area contributed by atoms with Gasteiger partial charge in [-0.1, -0.05) is 12.1 Å². The quantitative estimate of drug-likeness (QED) is 0.923. The Bertz CT molecular complexity index is 756. The van der Waals surface area contributed by atoms with Crippen molar-refractivity contribution in [2.24, 2.45) is 0 Å². The minimum atomic E-state index is -0.405. The lowest BCUT2D eigenvalue weighted by Gasteiger charge is -2.35. The van der Waals surface area contributed by atoms with Crippen LogP contribution in [0.3, 0.4) is 0 Å². The fourth-order valence-electron chi connectivity index (χ4n) is 2.90. The first-order valence-electron chi connectivity index (χ1n) is 8.15. The second-order valence-corrected chi connectivity index (χ2v) is 6.06. The molecule has 1 saturated heterocycles. The summed E-state index contributed by atoms with van der Waals surface area (Å²) in [5.41, 5.74) is 1.09. The summed E-state index contributed by atoms with van der Waals surface area (Å²) in [7, 11) is 0. The number of carbonyl (C=O) groups is 2. The van der Waals surface area contributed by atoms with Gasteiger partial charge in [0.15, 0.2) is 0 Å².